The predicted molar refractivity (Wildman–Crippen MR) is 85.3 cm³/mol. The van der Waals surface area contributed by atoms with Crippen molar-refractivity contribution in [3.05, 3.63) is 11.9 Å². The molecular weight excluding hydrogens is 264 g/mol. The molecule has 1 N–H and O–H groups in total. The van der Waals surface area contributed by atoms with E-state index in [9.17, 15) is 0 Å². The van der Waals surface area contributed by atoms with Crippen molar-refractivity contribution in [2.45, 2.75) is 45.3 Å². The molecule has 21 heavy (non-hydrogen) atoms. The molecule has 0 spiro atoms. The number of hydrogen-bond donors (Lipinski definition) is 1. The lowest BCUT2D eigenvalue weighted by molar-refractivity contribution is 0.0851. The summed E-state index contributed by atoms with van der Waals surface area (Å²) in [6.07, 6.45) is 4.15. The first-order valence-electron chi connectivity index (χ1n) is 8.17. The van der Waals surface area contributed by atoms with Gasteiger partial charge in [0, 0.05) is 32.2 Å². The van der Waals surface area contributed by atoms with E-state index in [-0.39, 0.29) is 0 Å². The summed E-state index contributed by atoms with van der Waals surface area (Å²) in [6, 6.07) is 0.753. The van der Waals surface area contributed by atoms with Crippen LogP contribution in [0.2, 0.25) is 0 Å². The summed E-state index contributed by atoms with van der Waals surface area (Å²) in [5.74, 6) is 0. The van der Waals surface area contributed by atoms with E-state index in [4.69, 9.17) is 0 Å². The average Bonchev–Trinajstić information content (AvgIpc) is 2.92. The Kier molecular flexibility index (Phi) is 6.14. The minimum absolute atomic E-state index is 0.291. The van der Waals surface area contributed by atoms with Crippen LogP contribution in [-0.4, -0.2) is 71.1 Å². The highest BCUT2D eigenvalue weighted by Gasteiger charge is 2.32. The van der Waals surface area contributed by atoms with E-state index in [1.165, 1.54) is 5.69 Å². The van der Waals surface area contributed by atoms with Crippen molar-refractivity contribution in [2.24, 2.45) is 0 Å². The summed E-state index contributed by atoms with van der Waals surface area (Å²) in [5, 5.41) is 12.1. The molecule has 1 aliphatic rings. The number of rotatable bonds is 7. The molecular formula is C15H30N6. The topological polar surface area (TPSA) is 49.2 Å². The molecule has 0 saturated carbocycles. The average molecular weight is 294 g/mol. The maximum absolute atomic E-state index is 4.27. The Hall–Kier alpha value is -0.980. The van der Waals surface area contributed by atoms with Crippen LogP contribution < -0.4 is 5.32 Å². The van der Waals surface area contributed by atoms with Crippen LogP contribution in [0.4, 0.5) is 0 Å². The lowest BCUT2D eigenvalue weighted by Gasteiger charge is -2.42. The number of hydrogen-bond acceptors (Lipinski definition) is 5. The second-order valence-electron chi connectivity index (χ2n) is 6.12. The standard InChI is InChI=1S/C15H30N6/c1-5-7-16-15(13-11-17-18-21(13)8-6-2)14-12-19(3)9-10-20(14)4/h11,14-16H,5-10,12H2,1-4H3. The van der Waals surface area contributed by atoms with E-state index in [0.717, 1.165) is 45.6 Å². The van der Waals surface area contributed by atoms with Gasteiger partial charge in [-0.3, -0.25) is 4.90 Å². The highest BCUT2D eigenvalue weighted by molar-refractivity contribution is 5.08. The van der Waals surface area contributed by atoms with Crippen LogP contribution in [0.1, 0.15) is 38.4 Å². The zero-order valence-electron chi connectivity index (χ0n) is 13.9. The van der Waals surface area contributed by atoms with Gasteiger partial charge in [0.15, 0.2) is 0 Å². The largest absolute Gasteiger partial charge is 0.307 e. The van der Waals surface area contributed by atoms with Crippen molar-refractivity contribution < 1.29 is 0 Å². The van der Waals surface area contributed by atoms with E-state index in [2.05, 4.69) is 58.1 Å². The Balaban J connectivity index is 2.22. The molecule has 0 amide bonds. The molecule has 1 aliphatic heterocycles. The molecule has 2 heterocycles. The Morgan fingerprint density at radius 1 is 1.29 bits per heavy atom. The Morgan fingerprint density at radius 2 is 2.10 bits per heavy atom. The maximum Gasteiger partial charge on any atom is 0.0773 e. The molecule has 2 rings (SSSR count). The second-order valence-corrected chi connectivity index (χ2v) is 6.12. The third kappa shape index (κ3) is 4.02. The van der Waals surface area contributed by atoms with Gasteiger partial charge in [0.05, 0.1) is 17.9 Å². The summed E-state index contributed by atoms with van der Waals surface area (Å²) in [5.41, 5.74) is 1.22. The molecule has 2 atom stereocenters. The van der Waals surface area contributed by atoms with Crippen molar-refractivity contribution in [2.75, 3.05) is 40.3 Å². The highest BCUT2D eigenvalue weighted by atomic mass is 15.4. The minimum atomic E-state index is 0.291. The first kappa shape index (κ1) is 16.4. The number of aromatic nitrogens is 3. The second kappa shape index (κ2) is 7.87. The predicted octanol–water partition coefficient (Wildman–Crippen LogP) is 0.975. The Morgan fingerprint density at radius 3 is 2.81 bits per heavy atom. The van der Waals surface area contributed by atoms with Gasteiger partial charge >= 0.3 is 0 Å². The normalized spacial score (nSPS) is 22.6. The van der Waals surface area contributed by atoms with Gasteiger partial charge in [-0.2, -0.15) is 0 Å². The molecule has 0 aromatic carbocycles. The number of piperazine rings is 1. The fraction of sp³-hybridized carbons (Fsp3) is 0.867. The van der Waals surface area contributed by atoms with Gasteiger partial charge in [-0.15, -0.1) is 5.10 Å². The van der Waals surface area contributed by atoms with Gasteiger partial charge in [-0.25, -0.2) is 4.68 Å². The van der Waals surface area contributed by atoms with Crippen LogP contribution in [0.15, 0.2) is 6.20 Å². The molecule has 6 nitrogen and oxygen atoms in total. The molecule has 2 unspecified atom stereocenters. The van der Waals surface area contributed by atoms with Gasteiger partial charge in [-0.1, -0.05) is 19.1 Å². The van der Waals surface area contributed by atoms with E-state index in [1.54, 1.807) is 0 Å². The minimum Gasteiger partial charge on any atom is -0.307 e. The van der Waals surface area contributed by atoms with Crippen molar-refractivity contribution in [1.82, 2.24) is 30.1 Å². The highest BCUT2D eigenvalue weighted by Crippen LogP contribution is 2.23. The van der Waals surface area contributed by atoms with Crippen LogP contribution in [-0.2, 0) is 6.54 Å². The summed E-state index contributed by atoms with van der Waals surface area (Å²) in [7, 11) is 4.44. The fourth-order valence-corrected chi connectivity index (χ4v) is 3.03. The molecule has 0 bridgehead atoms. The maximum atomic E-state index is 4.27. The van der Waals surface area contributed by atoms with Crippen molar-refractivity contribution in [3.8, 4) is 0 Å². The van der Waals surface area contributed by atoms with Crippen LogP contribution in [0.25, 0.3) is 0 Å². The lowest BCUT2D eigenvalue weighted by atomic mass is 10.0. The van der Waals surface area contributed by atoms with Crippen LogP contribution in [0.5, 0.6) is 0 Å². The lowest BCUT2D eigenvalue weighted by Crippen LogP contribution is -2.55. The van der Waals surface area contributed by atoms with Gasteiger partial charge < -0.3 is 10.2 Å². The number of aryl methyl sites for hydroxylation is 1. The number of nitrogens with one attached hydrogen (secondary N) is 1. The zero-order valence-corrected chi connectivity index (χ0v) is 13.9. The first-order chi connectivity index (χ1) is 10.2. The Bertz CT molecular complexity index is 418. The van der Waals surface area contributed by atoms with Crippen LogP contribution in [0.3, 0.4) is 0 Å². The van der Waals surface area contributed by atoms with E-state index < -0.39 is 0 Å². The number of likely N-dealkylation sites (N-methyl/N-ethyl adjacent to an activating group) is 2. The van der Waals surface area contributed by atoms with Crippen molar-refractivity contribution in [1.29, 1.82) is 0 Å². The quantitative estimate of drug-likeness (QED) is 0.812. The summed E-state index contributed by atoms with van der Waals surface area (Å²) in [6.45, 7) is 9.68. The monoisotopic (exact) mass is 294 g/mol. The van der Waals surface area contributed by atoms with Crippen molar-refractivity contribution in [3.63, 3.8) is 0 Å². The molecule has 1 aromatic heterocycles. The van der Waals surface area contributed by atoms with Crippen molar-refractivity contribution >= 4 is 0 Å². The van der Waals surface area contributed by atoms with Gasteiger partial charge in [0.2, 0.25) is 0 Å². The fourth-order valence-electron chi connectivity index (χ4n) is 3.03. The molecule has 1 fully saturated rings. The molecule has 120 valence electrons. The first-order valence-corrected chi connectivity index (χ1v) is 8.17. The summed E-state index contributed by atoms with van der Waals surface area (Å²) < 4.78 is 2.07. The van der Waals surface area contributed by atoms with Gasteiger partial charge in [0.25, 0.3) is 0 Å². The van der Waals surface area contributed by atoms with E-state index in [0.29, 0.717) is 12.1 Å². The van der Waals surface area contributed by atoms with Gasteiger partial charge in [-0.05, 0) is 33.5 Å². The molecule has 1 saturated heterocycles. The smallest absolute Gasteiger partial charge is 0.0773 e. The summed E-state index contributed by atoms with van der Waals surface area (Å²) >= 11 is 0. The van der Waals surface area contributed by atoms with Crippen LogP contribution in [0, 0.1) is 0 Å². The zero-order chi connectivity index (χ0) is 15.2. The van der Waals surface area contributed by atoms with Gasteiger partial charge in [0.1, 0.15) is 0 Å². The summed E-state index contributed by atoms with van der Waals surface area (Å²) in [4.78, 5) is 4.88. The third-order valence-corrected chi connectivity index (χ3v) is 4.30. The number of nitrogens with zero attached hydrogens (tertiary/aromatic N) is 5. The molecule has 0 aliphatic carbocycles. The van der Waals surface area contributed by atoms with Crippen LogP contribution >= 0.6 is 0 Å². The third-order valence-electron chi connectivity index (χ3n) is 4.30. The molecule has 1 aromatic rings. The SMILES string of the molecule is CCCNC(c1cnnn1CCC)C1CN(C)CCN1C. The van der Waals surface area contributed by atoms with E-state index in [1.807, 2.05) is 6.20 Å². The Labute approximate surface area is 128 Å². The molecule has 6 heteroatoms. The molecule has 0 radical (unpaired) electrons. The van der Waals surface area contributed by atoms with E-state index >= 15 is 0 Å².